The van der Waals surface area contributed by atoms with Gasteiger partial charge in [-0.3, -0.25) is 0 Å². The molecule has 4 heteroatoms. The number of rotatable bonds is 5. The maximum atomic E-state index is 6.30. The number of nitrogens with two attached hydrogens (primary N) is 1. The molecule has 1 rings (SSSR count). The third-order valence-electron chi connectivity index (χ3n) is 2.92. The van der Waals surface area contributed by atoms with Crippen LogP contribution in [0.2, 0.25) is 0 Å². The van der Waals surface area contributed by atoms with E-state index in [-0.39, 0.29) is 17.6 Å². The summed E-state index contributed by atoms with van der Waals surface area (Å²) in [6.07, 6.45) is 2.05. The smallest absolute Gasteiger partial charge is 0.0999 e. The van der Waals surface area contributed by atoms with Crippen LogP contribution in [0.3, 0.4) is 0 Å². The summed E-state index contributed by atoms with van der Waals surface area (Å²) in [5.74, 6) is 0.473. The molecule has 0 spiro atoms. The highest BCUT2D eigenvalue weighted by molar-refractivity contribution is 6.21. The summed E-state index contributed by atoms with van der Waals surface area (Å²) in [7, 11) is 0. The Hall–Kier alpha value is 0.170. The van der Waals surface area contributed by atoms with Crippen molar-refractivity contribution >= 4 is 11.6 Å². The second-order valence-electron chi connectivity index (χ2n) is 4.00. The average Bonchev–Trinajstić information content (AvgIpc) is 2.23. The molecule has 15 heavy (non-hydrogen) atoms. The predicted molar refractivity (Wildman–Crippen MR) is 62.2 cm³/mol. The van der Waals surface area contributed by atoms with Gasteiger partial charge in [0, 0.05) is 13.2 Å². The minimum atomic E-state index is 0.0272. The highest BCUT2D eigenvalue weighted by atomic mass is 35.5. The van der Waals surface area contributed by atoms with Crippen molar-refractivity contribution in [2.45, 2.75) is 44.3 Å². The number of hydrogen-bond acceptors (Lipinski definition) is 3. The Bertz CT molecular complexity index is 180. The second kappa shape index (κ2) is 6.69. The minimum Gasteiger partial charge on any atom is -0.376 e. The lowest BCUT2D eigenvalue weighted by Crippen LogP contribution is -2.46. The van der Waals surface area contributed by atoms with Gasteiger partial charge in [0.2, 0.25) is 0 Å². The van der Waals surface area contributed by atoms with Gasteiger partial charge in [0.25, 0.3) is 0 Å². The first-order valence-electron chi connectivity index (χ1n) is 5.80. The molecule has 1 aliphatic carbocycles. The van der Waals surface area contributed by atoms with Crippen molar-refractivity contribution in [3.63, 3.8) is 0 Å². The van der Waals surface area contributed by atoms with Crippen molar-refractivity contribution in [2.24, 2.45) is 11.7 Å². The first-order chi connectivity index (χ1) is 7.22. The van der Waals surface area contributed by atoms with Crippen LogP contribution in [0.4, 0.5) is 0 Å². The zero-order valence-corrected chi connectivity index (χ0v) is 10.4. The lowest BCUT2D eigenvalue weighted by Gasteiger charge is -2.38. The summed E-state index contributed by atoms with van der Waals surface area (Å²) < 4.78 is 11.3. The van der Waals surface area contributed by atoms with Crippen molar-refractivity contribution in [3.05, 3.63) is 0 Å². The van der Waals surface area contributed by atoms with Crippen molar-refractivity contribution in [1.82, 2.24) is 0 Å². The Kier molecular flexibility index (Phi) is 5.90. The monoisotopic (exact) mass is 235 g/mol. The van der Waals surface area contributed by atoms with E-state index in [1.807, 2.05) is 13.8 Å². The molecule has 1 fully saturated rings. The van der Waals surface area contributed by atoms with Gasteiger partial charge < -0.3 is 15.2 Å². The fourth-order valence-corrected chi connectivity index (χ4v) is 2.70. The quantitative estimate of drug-likeness (QED) is 0.739. The van der Waals surface area contributed by atoms with E-state index in [0.29, 0.717) is 25.7 Å². The van der Waals surface area contributed by atoms with Gasteiger partial charge in [-0.1, -0.05) is 0 Å². The fraction of sp³-hybridized carbons (Fsp3) is 1.00. The summed E-state index contributed by atoms with van der Waals surface area (Å²) in [6, 6.07) is 0. The van der Waals surface area contributed by atoms with Gasteiger partial charge >= 0.3 is 0 Å². The standard InChI is InChI=1S/C11H22ClNO2/c1-3-14-10-6-8(7-13)5-9(12)11(10)15-4-2/h8-11H,3-7,13H2,1-2H3. The van der Waals surface area contributed by atoms with Gasteiger partial charge in [0.05, 0.1) is 17.6 Å². The Morgan fingerprint density at radius 3 is 2.40 bits per heavy atom. The molecule has 0 aromatic heterocycles. The summed E-state index contributed by atoms with van der Waals surface area (Å²) >= 11 is 6.30. The zero-order chi connectivity index (χ0) is 11.3. The van der Waals surface area contributed by atoms with Crippen molar-refractivity contribution in [1.29, 1.82) is 0 Å². The molecule has 0 saturated heterocycles. The van der Waals surface area contributed by atoms with Crippen molar-refractivity contribution < 1.29 is 9.47 Å². The van der Waals surface area contributed by atoms with Crippen LogP contribution in [0.15, 0.2) is 0 Å². The van der Waals surface area contributed by atoms with Crippen LogP contribution >= 0.6 is 11.6 Å². The summed E-state index contributed by atoms with van der Waals surface area (Å²) in [6.45, 7) is 6.06. The van der Waals surface area contributed by atoms with E-state index in [4.69, 9.17) is 26.8 Å². The third kappa shape index (κ3) is 3.59. The molecular formula is C11H22ClNO2. The molecule has 0 bridgehead atoms. The largest absolute Gasteiger partial charge is 0.376 e. The first-order valence-corrected chi connectivity index (χ1v) is 6.23. The Morgan fingerprint density at radius 2 is 1.87 bits per heavy atom. The third-order valence-corrected chi connectivity index (χ3v) is 3.35. The molecule has 90 valence electrons. The Labute approximate surface area is 97.3 Å². The molecule has 0 heterocycles. The molecule has 4 atom stereocenters. The van der Waals surface area contributed by atoms with E-state index >= 15 is 0 Å². The van der Waals surface area contributed by atoms with E-state index in [2.05, 4.69) is 0 Å². The van der Waals surface area contributed by atoms with Crippen LogP contribution in [0.1, 0.15) is 26.7 Å². The lowest BCUT2D eigenvalue weighted by molar-refractivity contribution is -0.0936. The van der Waals surface area contributed by atoms with E-state index in [1.165, 1.54) is 0 Å². The molecule has 1 aliphatic rings. The van der Waals surface area contributed by atoms with Crippen LogP contribution in [-0.4, -0.2) is 37.3 Å². The molecular weight excluding hydrogens is 214 g/mol. The van der Waals surface area contributed by atoms with Gasteiger partial charge in [-0.05, 0) is 39.2 Å². The van der Waals surface area contributed by atoms with Gasteiger partial charge in [0.1, 0.15) is 0 Å². The van der Waals surface area contributed by atoms with Gasteiger partial charge in [-0.2, -0.15) is 0 Å². The topological polar surface area (TPSA) is 44.5 Å². The van der Waals surface area contributed by atoms with E-state index in [0.717, 1.165) is 12.8 Å². The van der Waals surface area contributed by atoms with Crippen LogP contribution in [0, 0.1) is 5.92 Å². The van der Waals surface area contributed by atoms with Gasteiger partial charge in [-0.25, -0.2) is 0 Å². The highest BCUT2D eigenvalue weighted by Gasteiger charge is 2.37. The lowest BCUT2D eigenvalue weighted by atomic mass is 9.85. The molecule has 0 radical (unpaired) electrons. The fourth-order valence-electron chi connectivity index (χ4n) is 2.22. The Balaban J connectivity index is 2.58. The van der Waals surface area contributed by atoms with Gasteiger partial charge in [0.15, 0.2) is 0 Å². The second-order valence-corrected chi connectivity index (χ2v) is 4.56. The number of ether oxygens (including phenoxy) is 2. The van der Waals surface area contributed by atoms with Crippen LogP contribution in [0.25, 0.3) is 0 Å². The Morgan fingerprint density at radius 1 is 1.20 bits per heavy atom. The predicted octanol–water partition coefficient (Wildman–Crippen LogP) is 1.77. The van der Waals surface area contributed by atoms with Crippen molar-refractivity contribution in [3.8, 4) is 0 Å². The zero-order valence-electron chi connectivity index (χ0n) is 9.62. The minimum absolute atomic E-state index is 0.0272. The van der Waals surface area contributed by atoms with Crippen molar-refractivity contribution in [2.75, 3.05) is 19.8 Å². The average molecular weight is 236 g/mol. The number of alkyl halides is 1. The molecule has 2 N–H and O–H groups in total. The number of hydrogen-bond donors (Lipinski definition) is 1. The van der Waals surface area contributed by atoms with E-state index in [1.54, 1.807) is 0 Å². The molecule has 0 aromatic rings. The molecule has 0 aromatic carbocycles. The van der Waals surface area contributed by atoms with Crippen LogP contribution in [-0.2, 0) is 9.47 Å². The maximum Gasteiger partial charge on any atom is 0.0999 e. The summed E-state index contributed by atoms with van der Waals surface area (Å²) in [5.41, 5.74) is 5.69. The molecule has 0 aliphatic heterocycles. The summed E-state index contributed by atoms with van der Waals surface area (Å²) in [4.78, 5) is 0. The molecule has 1 saturated carbocycles. The van der Waals surface area contributed by atoms with E-state index < -0.39 is 0 Å². The maximum absolute atomic E-state index is 6.30. The van der Waals surface area contributed by atoms with Crippen LogP contribution in [0.5, 0.6) is 0 Å². The van der Waals surface area contributed by atoms with Crippen LogP contribution < -0.4 is 5.73 Å². The highest BCUT2D eigenvalue weighted by Crippen LogP contribution is 2.31. The number of halogens is 1. The van der Waals surface area contributed by atoms with E-state index in [9.17, 15) is 0 Å². The molecule has 3 nitrogen and oxygen atoms in total. The molecule has 4 unspecified atom stereocenters. The molecule has 0 amide bonds. The normalized spacial score (nSPS) is 36.8. The van der Waals surface area contributed by atoms with Gasteiger partial charge in [-0.15, -0.1) is 11.6 Å². The SMILES string of the molecule is CCOC1CC(CN)CC(Cl)C1OCC. The first kappa shape index (κ1) is 13.2. The summed E-state index contributed by atoms with van der Waals surface area (Å²) in [5, 5.41) is 0.0313.